The summed E-state index contributed by atoms with van der Waals surface area (Å²) in [6, 6.07) is 5.49. The Morgan fingerprint density at radius 1 is 1.45 bits per heavy atom. The molecule has 1 aliphatic rings. The maximum absolute atomic E-state index is 14.7. The Morgan fingerprint density at radius 3 is 2.69 bits per heavy atom. The molecule has 1 aromatic carbocycles. The van der Waals surface area contributed by atoms with Crippen molar-refractivity contribution in [2.24, 2.45) is 5.73 Å². The van der Waals surface area contributed by atoms with Gasteiger partial charge in [0.2, 0.25) is 5.91 Å². The average Bonchev–Trinajstić information content (AvgIpc) is 3.08. The Labute approximate surface area is 169 Å². The molecular formula is C19H17F2N5O2S. The van der Waals surface area contributed by atoms with Gasteiger partial charge >= 0.3 is 0 Å². The zero-order valence-corrected chi connectivity index (χ0v) is 16.3. The summed E-state index contributed by atoms with van der Waals surface area (Å²) in [7, 11) is 0. The Hall–Kier alpha value is -2.92. The maximum atomic E-state index is 14.7. The quantitative estimate of drug-likeness (QED) is 0.794. The summed E-state index contributed by atoms with van der Waals surface area (Å²) in [6.07, 6.45) is -1.06. The molecule has 2 heterocycles. The first-order valence-corrected chi connectivity index (χ1v) is 9.56. The van der Waals surface area contributed by atoms with Gasteiger partial charge < -0.3 is 10.5 Å². The third-order valence-electron chi connectivity index (χ3n) is 4.69. The Kier molecular flexibility index (Phi) is 6.18. The lowest BCUT2D eigenvalue weighted by Crippen LogP contribution is -2.52. The summed E-state index contributed by atoms with van der Waals surface area (Å²) in [5.41, 5.74) is 5.75. The number of ether oxygens (including phenoxy) is 1. The van der Waals surface area contributed by atoms with Crippen molar-refractivity contribution in [1.82, 2.24) is 9.88 Å². The molecule has 150 valence electrons. The van der Waals surface area contributed by atoms with E-state index in [1.807, 2.05) is 12.1 Å². The molecule has 29 heavy (non-hydrogen) atoms. The SMILES string of the molecule is Cc1nc(-c2cc(F)c(C[C@@H](C#N)N3CCO[C@H](C(N)=O)C3)c(F)c2)sc1C#N. The molecule has 0 spiro atoms. The van der Waals surface area contributed by atoms with Gasteiger partial charge in [-0.05, 0) is 19.1 Å². The molecule has 3 rings (SSSR count). The predicted molar refractivity (Wildman–Crippen MR) is 101 cm³/mol. The minimum absolute atomic E-state index is 0.0875. The third-order valence-corrected chi connectivity index (χ3v) is 5.80. The van der Waals surface area contributed by atoms with Gasteiger partial charge in [-0.3, -0.25) is 9.69 Å². The van der Waals surface area contributed by atoms with Crippen molar-refractivity contribution < 1.29 is 18.3 Å². The van der Waals surface area contributed by atoms with Crippen molar-refractivity contribution in [3.05, 3.63) is 39.9 Å². The molecule has 0 bridgehead atoms. The van der Waals surface area contributed by atoms with E-state index in [-0.39, 0.29) is 30.7 Å². The number of benzene rings is 1. The fourth-order valence-corrected chi connectivity index (χ4v) is 3.97. The number of nitrogens with zero attached hydrogens (tertiary/aromatic N) is 4. The molecule has 7 nitrogen and oxygen atoms in total. The summed E-state index contributed by atoms with van der Waals surface area (Å²) < 4.78 is 34.6. The van der Waals surface area contributed by atoms with Crippen molar-refractivity contribution in [3.63, 3.8) is 0 Å². The maximum Gasteiger partial charge on any atom is 0.247 e. The number of carbonyl (C=O) groups excluding carboxylic acids is 1. The van der Waals surface area contributed by atoms with Gasteiger partial charge in [0, 0.05) is 30.6 Å². The standard InChI is InChI=1S/C19H17F2N5O2S/c1-10-17(8-23)29-19(25-10)11-4-14(20)13(15(21)5-11)6-12(7-22)26-2-3-28-16(9-26)18(24)27/h4-5,12,16H,2-3,6,9H2,1H3,(H2,24,27)/t12-,16-/m0/s1. The lowest BCUT2D eigenvalue weighted by Gasteiger charge is -2.34. The van der Waals surface area contributed by atoms with E-state index in [2.05, 4.69) is 4.98 Å². The van der Waals surface area contributed by atoms with Gasteiger partial charge in [-0.2, -0.15) is 10.5 Å². The summed E-state index contributed by atoms with van der Waals surface area (Å²) in [5.74, 6) is -2.25. The number of nitrogens with two attached hydrogens (primary N) is 1. The molecule has 10 heteroatoms. The second-order valence-corrected chi connectivity index (χ2v) is 7.57. The highest BCUT2D eigenvalue weighted by atomic mass is 32.1. The second kappa shape index (κ2) is 8.62. The van der Waals surface area contributed by atoms with Crippen LogP contribution in [0.3, 0.4) is 0 Å². The molecule has 1 saturated heterocycles. The van der Waals surface area contributed by atoms with E-state index in [0.29, 0.717) is 22.1 Å². The number of halogens is 2. The highest BCUT2D eigenvalue weighted by Crippen LogP contribution is 2.30. The van der Waals surface area contributed by atoms with Crippen molar-refractivity contribution in [3.8, 4) is 22.7 Å². The summed E-state index contributed by atoms with van der Waals surface area (Å²) in [5, 5.41) is 18.9. The van der Waals surface area contributed by atoms with Gasteiger partial charge in [0.1, 0.15) is 39.7 Å². The van der Waals surface area contributed by atoms with Crippen LogP contribution in [-0.4, -0.2) is 47.6 Å². The van der Waals surface area contributed by atoms with Gasteiger partial charge in [0.15, 0.2) is 0 Å². The normalized spacial score (nSPS) is 18.0. The van der Waals surface area contributed by atoms with Crippen molar-refractivity contribution in [1.29, 1.82) is 10.5 Å². The third kappa shape index (κ3) is 4.40. The molecule has 1 aromatic heterocycles. The van der Waals surface area contributed by atoms with Crippen LogP contribution < -0.4 is 5.73 Å². The van der Waals surface area contributed by atoms with E-state index in [9.17, 15) is 18.8 Å². The number of hydrogen-bond acceptors (Lipinski definition) is 7. The summed E-state index contributed by atoms with van der Waals surface area (Å²) >= 11 is 1.06. The van der Waals surface area contributed by atoms with Gasteiger partial charge in [-0.25, -0.2) is 13.8 Å². The molecular weight excluding hydrogens is 400 g/mol. The van der Waals surface area contributed by atoms with Gasteiger partial charge in [0.05, 0.1) is 18.4 Å². The number of rotatable bonds is 5. The minimum Gasteiger partial charge on any atom is -0.367 e. The average molecular weight is 417 g/mol. The Morgan fingerprint density at radius 2 is 2.14 bits per heavy atom. The monoisotopic (exact) mass is 417 g/mol. The summed E-state index contributed by atoms with van der Waals surface area (Å²) in [6.45, 7) is 2.28. The van der Waals surface area contributed by atoms with Gasteiger partial charge in [-0.15, -0.1) is 11.3 Å². The topological polar surface area (TPSA) is 116 Å². The number of aryl methyl sites for hydroxylation is 1. The Bertz CT molecular complexity index is 1000. The number of hydrogen-bond donors (Lipinski definition) is 1. The predicted octanol–water partition coefficient (Wildman–Crippen LogP) is 1.89. The zero-order chi connectivity index (χ0) is 21.1. The van der Waals surface area contributed by atoms with Crippen molar-refractivity contribution in [2.75, 3.05) is 19.7 Å². The molecule has 2 atom stereocenters. The van der Waals surface area contributed by atoms with Crippen molar-refractivity contribution >= 4 is 17.2 Å². The molecule has 1 aliphatic heterocycles. The fourth-order valence-electron chi connectivity index (χ4n) is 3.12. The van der Waals surface area contributed by atoms with Crippen LogP contribution >= 0.6 is 11.3 Å². The van der Waals surface area contributed by atoms with Crippen LogP contribution in [-0.2, 0) is 16.0 Å². The number of primary amides is 1. The van der Waals surface area contributed by atoms with E-state index in [1.54, 1.807) is 11.8 Å². The summed E-state index contributed by atoms with van der Waals surface area (Å²) in [4.78, 5) is 17.5. The molecule has 1 amide bonds. The van der Waals surface area contributed by atoms with Crippen molar-refractivity contribution in [2.45, 2.75) is 25.5 Å². The largest absolute Gasteiger partial charge is 0.367 e. The van der Waals surface area contributed by atoms with E-state index in [0.717, 1.165) is 23.5 Å². The van der Waals surface area contributed by atoms with E-state index >= 15 is 0 Å². The lowest BCUT2D eigenvalue weighted by atomic mass is 10.0. The Balaban J connectivity index is 1.84. The number of carbonyl (C=O) groups is 1. The zero-order valence-electron chi connectivity index (χ0n) is 15.5. The highest BCUT2D eigenvalue weighted by molar-refractivity contribution is 7.15. The van der Waals surface area contributed by atoms with Crippen LogP contribution in [0.4, 0.5) is 8.78 Å². The minimum atomic E-state index is -0.862. The molecule has 0 saturated carbocycles. The smallest absolute Gasteiger partial charge is 0.247 e. The van der Waals surface area contributed by atoms with Crippen LogP contribution in [0.5, 0.6) is 0 Å². The number of morpholine rings is 1. The molecule has 1 fully saturated rings. The van der Waals surface area contributed by atoms with Crippen LogP contribution in [0.25, 0.3) is 10.6 Å². The molecule has 0 aliphatic carbocycles. The molecule has 0 radical (unpaired) electrons. The van der Waals surface area contributed by atoms with E-state index < -0.39 is 29.7 Å². The number of amides is 1. The van der Waals surface area contributed by atoms with Crippen LogP contribution in [0.1, 0.15) is 16.1 Å². The molecule has 2 N–H and O–H groups in total. The van der Waals surface area contributed by atoms with E-state index in [1.165, 1.54) is 0 Å². The first-order valence-electron chi connectivity index (χ1n) is 8.74. The highest BCUT2D eigenvalue weighted by Gasteiger charge is 2.30. The van der Waals surface area contributed by atoms with Crippen LogP contribution in [0.2, 0.25) is 0 Å². The second-order valence-electron chi connectivity index (χ2n) is 6.57. The molecule has 2 aromatic rings. The number of nitriles is 2. The van der Waals surface area contributed by atoms with Crippen LogP contribution in [0.15, 0.2) is 12.1 Å². The number of aromatic nitrogens is 1. The molecule has 0 unspecified atom stereocenters. The fraction of sp³-hybridized carbons (Fsp3) is 0.368. The first kappa shape index (κ1) is 20.8. The van der Waals surface area contributed by atoms with Gasteiger partial charge in [-0.1, -0.05) is 0 Å². The number of thiazole rings is 1. The van der Waals surface area contributed by atoms with Gasteiger partial charge in [0.25, 0.3) is 0 Å². The van der Waals surface area contributed by atoms with Crippen LogP contribution in [0, 0.1) is 41.2 Å². The lowest BCUT2D eigenvalue weighted by molar-refractivity contribution is -0.135. The van der Waals surface area contributed by atoms with E-state index in [4.69, 9.17) is 15.7 Å². The first-order chi connectivity index (χ1) is 13.8.